The monoisotopic (exact) mass is 330 g/mol. The van der Waals surface area contributed by atoms with Gasteiger partial charge in [-0.2, -0.15) is 0 Å². The van der Waals surface area contributed by atoms with Gasteiger partial charge in [0.2, 0.25) is 5.91 Å². The van der Waals surface area contributed by atoms with Crippen molar-refractivity contribution in [2.45, 2.75) is 20.3 Å². The van der Waals surface area contributed by atoms with Crippen LogP contribution in [0.2, 0.25) is 0 Å². The number of thiophene rings is 1. The minimum atomic E-state index is -0.0137. The number of hydrogen-bond donors (Lipinski definition) is 1. The number of amides is 1. The number of rotatable bonds is 8. The standard InChI is InChI=1S/C17H22N4OS/c1-5-8-21(9-6-2)15(22)11-18-16-14-10-13(7-3)23-17(14)20-12(4)19-16/h5-6,10H,1-2,7-9,11H2,3-4H3,(H,18,19,20). The molecule has 1 amide bonds. The molecule has 0 aliphatic rings. The fourth-order valence-corrected chi connectivity index (χ4v) is 3.26. The van der Waals surface area contributed by atoms with E-state index in [1.165, 1.54) is 4.88 Å². The maximum Gasteiger partial charge on any atom is 0.242 e. The zero-order chi connectivity index (χ0) is 16.8. The molecule has 0 saturated heterocycles. The van der Waals surface area contributed by atoms with Crippen molar-refractivity contribution in [1.29, 1.82) is 0 Å². The number of anilines is 1. The summed E-state index contributed by atoms with van der Waals surface area (Å²) in [7, 11) is 0. The van der Waals surface area contributed by atoms with E-state index >= 15 is 0 Å². The van der Waals surface area contributed by atoms with Gasteiger partial charge in [-0.05, 0) is 19.4 Å². The van der Waals surface area contributed by atoms with Gasteiger partial charge in [-0.3, -0.25) is 4.79 Å². The van der Waals surface area contributed by atoms with Crippen molar-refractivity contribution >= 4 is 33.3 Å². The summed E-state index contributed by atoms with van der Waals surface area (Å²) in [6, 6.07) is 2.09. The van der Waals surface area contributed by atoms with E-state index in [0.717, 1.165) is 16.6 Å². The molecule has 0 saturated carbocycles. The summed E-state index contributed by atoms with van der Waals surface area (Å²) in [5.74, 6) is 1.40. The highest BCUT2D eigenvalue weighted by Gasteiger charge is 2.13. The number of nitrogens with zero attached hydrogens (tertiary/aromatic N) is 3. The molecule has 2 aromatic rings. The summed E-state index contributed by atoms with van der Waals surface area (Å²) in [4.78, 5) is 25.1. The second-order valence-corrected chi connectivity index (χ2v) is 6.25. The third-order valence-electron chi connectivity index (χ3n) is 3.36. The lowest BCUT2D eigenvalue weighted by atomic mass is 10.3. The molecular formula is C17H22N4OS. The number of hydrogen-bond acceptors (Lipinski definition) is 5. The topological polar surface area (TPSA) is 58.1 Å². The summed E-state index contributed by atoms with van der Waals surface area (Å²) in [5.41, 5.74) is 0. The molecule has 0 unspecified atom stereocenters. The normalized spacial score (nSPS) is 10.5. The Labute approximate surface area is 140 Å². The highest BCUT2D eigenvalue weighted by atomic mass is 32.1. The molecule has 122 valence electrons. The maximum atomic E-state index is 12.3. The minimum absolute atomic E-state index is 0.0137. The lowest BCUT2D eigenvalue weighted by Crippen LogP contribution is -2.35. The Morgan fingerprint density at radius 1 is 1.35 bits per heavy atom. The van der Waals surface area contributed by atoms with Gasteiger partial charge in [-0.25, -0.2) is 9.97 Å². The van der Waals surface area contributed by atoms with Crippen LogP contribution in [0.25, 0.3) is 10.2 Å². The molecule has 0 aromatic carbocycles. The van der Waals surface area contributed by atoms with Crippen LogP contribution < -0.4 is 5.32 Å². The van der Waals surface area contributed by atoms with E-state index in [9.17, 15) is 4.79 Å². The molecule has 6 heteroatoms. The van der Waals surface area contributed by atoms with Gasteiger partial charge < -0.3 is 10.2 Å². The van der Waals surface area contributed by atoms with Crippen molar-refractivity contribution in [3.05, 3.63) is 42.1 Å². The van der Waals surface area contributed by atoms with Crippen LogP contribution in [-0.2, 0) is 11.2 Å². The van der Waals surface area contributed by atoms with E-state index in [2.05, 4.69) is 41.4 Å². The van der Waals surface area contributed by atoms with Gasteiger partial charge in [0.1, 0.15) is 16.5 Å². The van der Waals surface area contributed by atoms with Gasteiger partial charge in [-0.1, -0.05) is 19.1 Å². The Morgan fingerprint density at radius 2 is 2.04 bits per heavy atom. The summed E-state index contributed by atoms with van der Waals surface area (Å²) in [6.07, 6.45) is 4.38. The predicted octanol–water partition coefficient (Wildman–Crippen LogP) is 3.17. The molecule has 0 atom stereocenters. The molecule has 1 N–H and O–H groups in total. The molecule has 0 bridgehead atoms. The predicted molar refractivity (Wildman–Crippen MR) is 97.0 cm³/mol. The molecular weight excluding hydrogens is 308 g/mol. The van der Waals surface area contributed by atoms with Gasteiger partial charge in [0.05, 0.1) is 11.9 Å². The quantitative estimate of drug-likeness (QED) is 0.755. The van der Waals surface area contributed by atoms with E-state index in [1.807, 2.05) is 6.92 Å². The summed E-state index contributed by atoms with van der Waals surface area (Å²) < 4.78 is 0. The fraction of sp³-hybridized carbons (Fsp3) is 0.353. The number of nitrogens with one attached hydrogen (secondary N) is 1. The molecule has 0 aliphatic heterocycles. The van der Waals surface area contributed by atoms with E-state index in [-0.39, 0.29) is 12.5 Å². The molecule has 0 fully saturated rings. The van der Waals surface area contributed by atoms with E-state index < -0.39 is 0 Å². The van der Waals surface area contributed by atoms with Crippen LogP contribution in [0.4, 0.5) is 5.82 Å². The average Bonchev–Trinajstić information content (AvgIpc) is 2.95. The third-order valence-corrected chi connectivity index (χ3v) is 4.54. The zero-order valence-corrected chi connectivity index (χ0v) is 14.4. The maximum absolute atomic E-state index is 12.3. The van der Waals surface area contributed by atoms with E-state index in [4.69, 9.17) is 0 Å². The highest BCUT2D eigenvalue weighted by molar-refractivity contribution is 7.18. The zero-order valence-electron chi connectivity index (χ0n) is 13.6. The van der Waals surface area contributed by atoms with Crippen LogP contribution >= 0.6 is 11.3 Å². The summed E-state index contributed by atoms with van der Waals surface area (Å²) >= 11 is 1.67. The van der Waals surface area contributed by atoms with Gasteiger partial charge in [0.25, 0.3) is 0 Å². The van der Waals surface area contributed by atoms with Crippen molar-refractivity contribution in [2.24, 2.45) is 0 Å². The summed E-state index contributed by atoms with van der Waals surface area (Å²) in [6.45, 7) is 12.5. The Morgan fingerprint density at radius 3 is 2.65 bits per heavy atom. The van der Waals surface area contributed by atoms with Gasteiger partial charge in [0.15, 0.2) is 0 Å². The minimum Gasteiger partial charge on any atom is -0.360 e. The lowest BCUT2D eigenvalue weighted by Gasteiger charge is -2.19. The molecule has 5 nitrogen and oxygen atoms in total. The Kier molecular flexibility index (Phi) is 5.87. The fourth-order valence-electron chi connectivity index (χ4n) is 2.25. The SMILES string of the molecule is C=CCN(CC=C)C(=O)CNc1nc(C)nc2sc(CC)cc12. The number of carbonyl (C=O) groups excluding carboxylic acids is 1. The summed E-state index contributed by atoms with van der Waals surface area (Å²) in [5, 5.41) is 4.13. The van der Waals surface area contributed by atoms with E-state index in [1.54, 1.807) is 28.4 Å². The largest absolute Gasteiger partial charge is 0.360 e. The molecule has 0 aliphatic carbocycles. The molecule has 23 heavy (non-hydrogen) atoms. The van der Waals surface area contributed by atoms with Crippen molar-refractivity contribution in [1.82, 2.24) is 14.9 Å². The van der Waals surface area contributed by atoms with Gasteiger partial charge in [0, 0.05) is 18.0 Å². The highest BCUT2D eigenvalue weighted by Crippen LogP contribution is 2.29. The van der Waals surface area contributed by atoms with Crippen LogP contribution in [0, 0.1) is 6.92 Å². The number of carbonyl (C=O) groups is 1. The third kappa shape index (κ3) is 4.16. The van der Waals surface area contributed by atoms with Crippen LogP contribution in [0.3, 0.4) is 0 Å². The Hall–Kier alpha value is -2.21. The first kappa shape index (κ1) is 17.1. The van der Waals surface area contributed by atoms with Crippen LogP contribution in [0.5, 0.6) is 0 Å². The number of fused-ring (bicyclic) bond motifs is 1. The molecule has 2 heterocycles. The lowest BCUT2D eigenvalue weighted by molar-refractivity contribution is -0.128. The first-order valence-electron chi connectivity index (χ1n) is 7.59. The number of aromatic nitrogens is 2. The van der Waals surface area contributed by atoms with Crippen molar-refractivity contribution < 1.29 is 4.79 Å². The second kappa shape index (κ2) is 7.87. The van der Waals surface area contributed by atoms with Gasteiger partial charge in [-0.15, -0.1) is 24.5 Å². The van der Waals surface area contributed by atoms with Crippen LogP contribution in [0.1, 0.15) is 17.6 Å². The van der Waals surface area contributed by atoms with E-state index in [0.29, 0.717) is 24.7 Å². The van der Waals surface area contributed by atoms with Crippen LogP contribution in [-0.4, -0.2) is 40.4 Å². The van der Waals surface area contributed by atoms with Crippen molar-refractivity contribution in [2.75, 3.05) is 25.0 Å². The Balaban J connectivity index is 2.17. The van der Waals surface area contributed by atoms with Gasteiger partial charge >= 0.3 is 0 Å². The van der Waals surface area contributed by atoms with Crippen LogP contribution in [0.15, 0.2) is 31.4 Å². The Bertz CT molecular complexity index is 713. The average molecular weight is 330 g/mol. The molecule has 0 spiro atoms. The van der Waals surface area contributed by atoms with Crippen molar-refractivity contribution in [3.63, 3.8) is 0 Å². The number of aryl methyl sites for hydroxylation is 2. The first-order valence-corrected chi connectivity index (χ1v) is 8.41. The first-order chi connectivity index (χ1) is 11.1. The smallest absolute Gasteiger partial charge is 0.242 e. The van der Waals surface area contributed by atoms with Crippen molar-refractivity contribution in [3.8, 4) is 0 Å². The molecule has 0 radical (unpaired) electrons. The molecule has 2 rings (SSSR count). The molecule has 2 aromatic heterocycles. The second-order valence-electron chi connectivity index (χ2n) is 5.13.